The number of primary amides is 1. The van der Waals surface area contributed by atoms with Gasteiger partial charge < -0.3 is 15.8 Å². The minimum absolute atomic E-state index is 0.0830. The molecule has 2 aromatic rings. The number of nitrogens with zero attached hydrogens (tertiary/aromatic N) is 1. The number of aromatic hydroxyl groups is 1. The normalized spacial score (nSPS) is 10.5. The Kier molecular flexibility index (Phi) is 1.45. The summed E-state index contributed by atoms with van der Waals surface area (Å²) in [5.41, 5.74) is 6.15. The number of carbonyl (C=O) groups excluding carboxylic acids is 1. The molecule has 0 aliphatic carbocycles. The number of carbonyl (C=O) groups is 1. The van der Waals surface area contributed by atoms with Gasteiger partial charge in [-0.25, -0.2) is 4.98 Å². The summed E-state index contributed by atoms with van der Waals surface area (Å²) in [6, 6.07) is 3.10. The molecule has 5 nitrogen and oxygen atoms in total. The molecule has 1 aromatic carbocycles. The van der Waals surface area contributed by atoms with Crippen LogP contribution in [-0.2, 0) is 0 Å². The average Bonchev–Trinajstić information content (AvgIpc) is 2.52. The SMILES string of the molecule is NC(=O)c1ccc2[nH]cnc2c1O. The topological polar surface area (TPSA) is 92.0 Å². The zero-order chi connectivity index (χ0) is 9.42. The third-order valence-corrected chi connectivity index (χ3v) is 1.83. The van der Waals surface area contributed by atoms with Crippen molar-refractivity contribution in [3.63, 3.8) is 0 Å². The molecule has 1 amide bonds. The molecule has 0 unspecified atom stereocenters. The molecule has 13 heavy (non-hydrogen) atoms. The van der Waals surface area contributed by atoms with Crippen molar-refractivity contribution in [3.8, 4) is 5.75 Å². The lowest BCUT2D eigenvalue weighted by atomic mass is 10.1. The van der Waals surface area contributed by atoms with E-state index in [1.165, 1.54) is 12.4 Å². The number of aromatic amines is 1. The number of fused-ring (bicyclic) bond motifs is 1. The number of amides is 1. The lowest BCUT2D eigenvalue weighted by Gasteiger charge is -1.99. The van der Waals surface area contributed by atoms with Crippen molar-refractivity contribution in [2.45, 2.75) is 0 Å². The molecular formula is C8H7N3O2. The zero-order valence-corrected chi connectivity index (χ0v) is 6.61. The molecule has 0 saturated carbocycles. The van der Waals surface area contributed by atoms with Crippen molar-refractivity contribution >= 4 is 16.9 Å². The summed E-state index contributed by atoms with van der Waals surface area (Å²) in [4.78, 5) is 17.5. The third kappa shape index (κ3) is 1.01. The van der Waals surface area contributed by atoms with Crippen LogP contribution in [0.15, 0.2) is 18.5 Å². The van der Waals surface area contributed by atoms with E-state index in [1.54, 1.807) is 6.07 Å². The molecule has 0 aliphatic heterocycles. The van der Waals surface area contributed by atoms with E-state index in [0.717, 1.165) is 0 Å². The second-order valence-electron chi connectivity index (χ2n) is 2.62. The highest BCUT2D eigenvalue weighted by Gasteiger charge is 2.11. The highest BCUT2D eigenvalue weighted by molar-refractivity contribution is 6.00. The number of hydrogen-bond acceptors (Lipinski definition) is 3. The summed E-state index contributed by atoms with van der Waals surface area (Å²) in [6.45, 7) is 0. The van der Waals surface area contributed by atoms with Crippen LogP contribution in [0.5, 0.6) is 5.75 Å². The maximum atomic E-state index is 10.8. The number of hydrogen-bond donors (Lipinski definition) is 3. The molecule has 0 saturated heterocycles. The standard InChI is InChI=1S/C8H7N3O2/c9-8(13)4-1-2-5-6(7(4)12)11-3-10-5/h1-3,12H,(H2,9,13)(H,10,11). The van der Waals surface area contributed by atoms with E-state index < -0.39 is 5.91 Å². The Morgan fingerprint density at radius 2 is 2.31 bits per heavy atom. The van der Waals surface area contributed by atoms with Gasteiger partial charge in [0.25, 0.3) is 5.91 Å². The maximum Gasteiger partial charge on any atom is 0.252 e. The Morgan fingerprint density at radius 3 is 3.00 bits per heavy atom. The van der Waals surface area contributed by atoms with Crippen molar-refractivity contribution in [2.24, 2.45) is 5.73 Å². The quantitative estimate of drug-likeness (QED) is 0.587. The smallest absolute Gasteiger partial charge is 0.252 e. The fourth-order valence-electron chi connectivity index (χ4n) is 1.19. The first kappa shape index (κ1) is 7.60. The van der Waals surface area contributed by atoms with Crippen LogP contribution in [0, 0.1) is 0 Å². The lowest BCUT2D eigenvalue weighted by molar-refractivity contribution is 0.0998. The third-order valence-electron chi connectivity index (χ3n) is 1.83. The van der Waals surface area contributed by atoms with Gasteiger partial charge in [-0.1, -0.05) is 0 Å². The van der Waals surface area contributed by atoms with E-state index in [9.17, 15) is 9.90 Å². The minimum Gasteiger partial charge on any atom is -0.505 e. The summed E-state index contributed by atoms with van der Waals surface area (Å²) in [7, 11) is 0. The number of nitrogens with two attached hydrogens (primary N) is 1. The summed E-state index contributed by atoms with van der Waals surface area (Å²) < 4.78 is 0. The minimum atomic E-state index is -0.664. The Labute approximate surface area is 73.2 Å². The monoisotopic (exact) mass is 177 g/mol. The lowest BCUT2D eigenvalue weighted by Crippen LogP contribution is -2.10. The van der Waals surface area contributed by atoms with Crippen LogP contribution in [0.1, 0.15) is 10.4 Å². The van der Waals surface area contributed by atoms with Crippen molar-refractivity contribution in [1.29, 1.82) is 0 Å². The first-order valence-corrected chi connectivity index (χ1v) is 3.65. The van der Waals surface area contributed by atoms with Gasteiger partial charge in [0.1, 0.15) is 5.52 Å². The fourth-order valence-corrected chi connectivity index (χ4v) is 1.19. The van der Waals surface area contributed by atoms with Crippen molar-refractivity contribution < 1.29 is 9.90 Å². The molecule has 0 aliphatic rings. The molecule has 0 radical (unpaired) electrons. The Bertz CT molecular complexity index is 475. The van der Waals surface area contributed by atoms with Crippen LogP contribution < -0.4 is 5.73 Å². The van der Waals surface area contributed by atoms with Crippen LogP contribution in [-0.4, -0.2) is 21.0 Å². The summed E-state index contributed by atoms with van der Waals surface area (Å²) >= 11 is 0. The van der Waals surface area contributed by atoms with E-state index >= 15 is 0 Å². The molecule has 4 N–H and O–H groups in total. The summed E-state index contributed by atoms with van der Waals surface area (Å²) in [5.74, 6) is -0.839. The average molecular weight is 177 g/mol. The van der Waals surface area contributed by atoms with Crippen LogP contribution in [0.2, 0.25) is 0 Å². The number of phenols is 1. The molecular weight excluding hydrogens is 170 g/mol. The van der Waals surface area contributed by atoms with Gasteiger partial charge in [0.05, 0.1) is 17.4 Å². The largest absolute Gasteiger partial charge is 0.505 e. The molecule has 0 fully saturated rings. The van der Waals surface area contributed by atoms with E-state index in [0.29, 0.717) is 11.0 Å². The molecule has 0 bridgehead atoms. The highest BCUT2D eigenvalue weighted by Crippen LogP contribution is 2.25. The van der Waals surface area contributed by atoms with Gasteiger partial charge in [-0.05, 0) is 12.1 Å². The number of imidazole rings is 1. The predicted octanol–water partition coefficient (Wildman–Crippen LogP) is 0.367. The molecule has 1 heterocycles. The number of rotatable bonds is 1. The van der Waals surface area contributed by atoms with E-state index in [-0.39, 0.29) is 11.3 Å². The number of H-pyrrole nitrogens is 1. The zero-order valence-electron chi connectivity index (χ0n) is 6.61. The van der Waals surface area contributed by atoms with Gasteiger partial charge in [-0.2, -0.15) is 0 Å². The van der Waals surface area contributed by atoms with Gasteiger partial charge in [-0.3, -0.25) is 4.79 Å². The molecule has 5 heteroatoms. The highest BCUT2D eigenvalue weighted by atomic mass is 16.3. The predicted molar refractivity (Wildman–Crippen MR) is 46.3 cm³/mol. The Hall–Kier alpha value is -2.04. The van der Waals surface area contributed by atoms with Crippen molar-refractivity contribution in [1.82, 2.24) is 9.97 Å². The fraction of sp³-hybridized carbons (Fsp3) is 0. The molecule has 0 spiro atoms. The van der Waals surface area contributed by atoms with Gasteiger partial charge in [0.15, 0.2) is 5.75 Å². The van der Waals surface area contributed by atoms with Gasteiger partial charge in [-0.15, -0.1) is 0 Å². The summed E-state index contributed by atoms with van der Waals surface area (Å²) in [5, 5.41) is 9.53. The van der Waals surface area contributed by atoms with E-state index in [4.69, 9.17) is 5.73 Å². The van der Waals surface area contributed by atoms with Crippen LogP contribution in [0.25, 0.3) is 11.0 Å². The molecule has 0 atom stereocenters. The van der Waals surface area contributed by atoms with Crippen LogP contribution >= 0.6 is 0 Å². The Morgan fingerprint density at radius 1 is 1.54 bits per heavy atom. The van der Waals surface area contributed by atoms with Gasteiger partial charge in [0.2, 0.25) is 0 Å². The number of aromatic nitrogens is 2. The second-order valence-corrected chi connectivity index (χ2v) is 2.62. The first-order valence-electron chi connectivity index (χ1n) is 3.65. The van der Waals surface area contributed by atoms with Crippen molar-refractivity contribution in [3.05, 3.63) is 24.0 Å². The van der Waals surface area contributed by atoms with E-state index in [2.05, 4.69) is 9.97 Å². The Balaban J connectivity index is 2.80. The van der Waals surface area contributed by atoms with Crippen LogP contribution in [0.4, 0.5) is 0 Å². The molecule has 66 valence electrons. The molecule has 2 rings (SSSR count). The number of benzene rings is 1. The van der Waals surface area contributed by atoms with Gasteiger partial charge in [0, 0.05) is 0 Å². The number of nitrogens with one attached hydrogen (secondary N) is 1. The van der Waals surface area contributed by atoms with Crippen molar-refractivity contribution in [2.75, 3.05) is 0 Å². The molecule has 1 aromatic heterocycles. The summed E-state index contributed by atoms with van der Waals surface area (Å²) in [6.07, 6.45) is 1.44. The van der Waals surface area contributed by atoms with Gasteiger partial charge >= 0.3 is 0 Å². The second kappa shape index (κ2) is 2.48. The van der Waals surface area contributed by atoms with Crippen LogP contribution in [0.3, 0.4) is 0 Å². The van der Waals surface area contributed by atoms with E-state index in [1.807, 2.05) is 0 Å². The first-order chi connectivity index (χ1) is 6.20. The maximum absolute atomic E-state index is 10.8.